The lowest BCUT2D eigenvalue weighted by molar-refractivity contribution is -0.181. The Morgan fingerprint density at radius 2 is 1.84 bits per heavy atom. The van der Waals surface area contributed by atoms with Crippen LogP contribution in [-0.2, 0) is 21.6 Å². The number of nitrogens with zero attached hydrogens (tertiary/aromatic N) is 5. The van der Waals surface area contributed by atoms with Gasteiger partial charge in [0.15, 0.2) is 10.9 Å². The Bertz CT molecular complexity index is 1410. The zero-order valence-corrected chi connectivity index (χ0v) is 23.0. The number of aromatic nitrogens is 4. The van der Waals surface area contributed by atoms with Gasteiger partial charge in [-0.05, 0) is 23.8 Å². The summed E-state index contributed by atoms with van der Waals surface area (Å²) in [6.07, 6.45) is 2.02. The molecule has 38 heavy (non-hydrogen) atoms. The van der Waals surface area contributed by atoms with Crippen LogP contribution in [0.2, 0.25) is 5.02 Å². The maximum absolute atomic E-state index is 13.1. The van der Waals surface area contributed by atoms with Crippen LogP contribution in [0.5, 0.6) is 0 Å². The van der Waals surface area contributed by atoms with E-state index in [9.17, 15) is 4.79 Å². The molecule has 0 aliphatic carbocycles. The summed E-state index contributed by atoms with van der Waals surface area (Å²) in [5.74, 6) is 0.859. The van der Waals surface area contributed by atoms with Crippen molar-refractivity contribution in [2.75, 3.05) is 26.3 Å². The third-order valence-electron chi connectivity index (χ3n) is 6.69. The number of hydrogen-bond donors (Lipinski definition) is 0. The van der Waals surface area contributed by atoms with Crippen LogP contribution in [0.4, 0.5) is 0 Å². The maximum Gasteiger partial charge on any atom is 0.273 e. The summed E-state index contributed by atoms with van der Waals surface area (Å²) in [5, 5.41) is 13.1. The zero-order valence-electron chi connectivity index (χ0n) is 20.6. The van der Waals surface area contributed by atoms with E-state index in [4.69, 9.17) is 21.1 Å². The first-order chi connectivity index (χ1) is 18.6. The highest BCUT2D eigenvalue weighted by Crippen LogP contribution is 2.32. The van der Waals surface area contributed by atoms with Crippen molar-refractivity contribution in [2.45, 2.75) is 36.0 Å². The number of thioether (sulfide) groups is 1. The van der Waals surface area contributed by atoms with E-state index >= 15 is 0 Å². The number of hydrogen-bond acceptors (Lipinski definition) is 8. The minimum atomic E-state index is -0.501. The molecule has 2 fully saturated rings. The summed E-state index contributed by atoms with van der Waals surface area (Å²) in [6, 6.07) is 17.9. The van der Waals surface area contributed by atoms with Crippen molar-refractivity contribution in [3.05, 3.63) is 87.1 Å². The number of thiazole rings is 1. The minimum Gasteiger partial charge on any atom is -0.347 e. The first kappa shape index (κ1) is 25.5. The van der Waals surface area contributed by atoms with Crippen LogP contribution < -0.4 is 0 Å². The second kappa shape index (κ2) is 11.2. The van der Waals surface area contributed by atoms with E-state index < -0.39 is 5.79 Å². The Morgan fingerprint density at radius 1 is 1.05 bits per heavy atom. The van der Waals surface area contributed by atoms with Gasteiger partial charge in [-0.3, -0.25) is 9.36 Å². The van der Waals surface area contributed by atoms with Gasteiger partial charge < -0.3 is 14.4 Å². The molecule has 0 N–H and O–H groups in total. The number of ether oxygens (including phenoxy) is 2. The molecule has 2 aliphatic heterocycles. The molecule has 4 aromatic rings. The van der Waals surface area contributed by atoms with Gasteiger partial charge in [0.05, 0.1) is 24.7 Å². The van der Waals surface area contributed by atoms with Crippen LogP contribution >= 0.6 is 34.7 Å². The number of likely N-dealkylation sites (tertiary alicyclic amines) is 1. The number of amides is 1. The van der Waals surface area contributed by atoms with E-state index in [0.29, 0.717) is 62.0 Å². The Hall–Kier alpha value is -2.76. The molecule has 6 rings (SSSR count). The number of halogens is 1. The Balaban J connectivity index is 1.15. The topological polar surface area (TPSA) is 82.4 Å². The highest BCUT2D eigenvalue weighted by Gasteiger charge is 2.41. The molecule has 8 nitrogen and oxygen atoms in total. The molecule has 2 aromatic heterocycles. The van der Waals surface area contributed by atoms with Crippen LogP contribution in [0.15, 0.2) is 65.1 Å². The monoisotopic (exact) mass is 567 g/mol. The lowest BCUT2D eigenvalue weighted by atomic mass is 10.0. The molecule has 2 aliphatic rings. The van der Waals surface area contributed by atoms with E-state index in [1.807, 2.05) is 57.3 Å². The summed E-state index contributed by atoms with van der Waals surface area (Å²) in [6.45, 7) is 2.46. The van der Waals surface area contributed by atoms with Gasteiger partial charge in [0, 0.05) is 42.8 Å². The smallest absolute Gasteiger partial charge is 0.273 e. The van der Waals surface area contributed by atoms with E-state index in [2.05, 4.69) is 27.3 Å². The molecular formula is C27H26ClN5O3S2. The first-order valence-electron chi connectivity index (χ1n) is 12.5. The van der Waals surface area contributed by atoms with Crippen LogP contribution in [0.25, 0.3) is 5.69 Å². The van der Waals surface area contributed by atoms with Crippen molar-refractivity contribution in [1.82, 2.24) is 24.6 Å². The lowest BCUT2D eigenvalue weighted by Crippen LogP contribution is -2.47. The second-order valence-corrected chi connectivity index (χ2v) is 11.5. The summed E-state index contributed by atoms with van der Waals surface area (Å²) in [4.78, 5) is 19.6. The second-order valence-electron chi connectivity index (χ2n) is 9.19. The molecule has 0 atom stereocenters. The summed E-state index contributed by atoms with van der Waals surface area (Å²) >= 11 is 9.34. The normalized spacial score (nSPS) is 16.8. The zero-order chi connectivity index (χ0) is 26.0. The average molecular weight is 568 g/mol. The molecule has 4 heterocycles. The molecule has 0 bridgehead atoms. The quantitative estimate of drug-likeness (QED) is 0.282. The van der Waals surface area contributed by atoms with Gasteiger partial charge in [-0.25, -0.2) is 4.98 Å². The number of benzene rings is 2. The predicted octanol–water partition coefficient (Wildman–Crippen LogP) is 5.24. The molecule has 0 unspecified atom stereocenters. The molecule has 1 spiro atoms. The highest BCUT2D eigenvalue weighted by molar-refractivity contribution is 7.98. The molecule has 196 valence electrons. The third-order valence-corrected chi connectivity index (χ3v) is 8.90. The van der Waals surface area contributed by atoms with Crippen molar-refractivity contribution in [3.63, 3.8) is 0 Å². The lowest BCUT2D eigenvalue weighted by Gasteiger charge is -2.37. The number of carbonyl (C=O) groups excluding carboxylic acids is 1. The van der Waals surface area contributed by atoms with Gasteiger partial charge in [-0.15, -0.1) is 21.5 Å². The molecule has 2 aromatic carbocycles. The van der Waals surface area contributed by atoms with Gasteiger partial charge in [0.1, 0.15) is 16.5 Å². The van der Waals surface area contributed by atoms with E-state index in [1.54, 1.807) is 11.8 Å². The number of piperidine rings is 1. The molecule has 11 heteroatoms. The fourth-order valence-electron chi connectivity index (χ4n) is 4.76. The van der Waals surface area contributed by atoms with Gasteiger partial charge in [0.2, 0.25) is 0 Å². The molecule has 2 saturated heterocycles. The predicted molar refractivity (Wildman–Crippen MR) is 147 cm³/mol. The van der Waals surface area contributed by atoms with Gasteiger partial charge >= 0.3 is 0 Å². The minimum absolute atomic E-state index is 0.0439. The first-order valence-corrected chi connectivity index (χ1v) is 14.7. The molecule has 0 radical (unpaired) electrons. The highest BCUT2D eigenvalue weighted by atomic mass is 35.5. The van der Waals surface area contributed by atoms with Crippen LogP contribution in [-0.4, -0.2) is 62.6 Å². The van der Waals surface area contributed by atoms with Crippen molar-refractivity contribution in [3.8, 4) is 5.69 Å². The Labute approximate surface area is 234 Å². The SMILES string of the molecule is O=C(c1csc(CSc2nnc(Cc3ccccc3)n2-c2cccc(Cl)c2)n1)N1CCC2(CC1)OCCO2. The van der Waals surface area contributed by atoms with Gasteiger partial charge in [-0.2, -0.15) is 0 Å². The molecular weight excluding hydrogens is 542 g/mol. The fourth-order valence-corrected chi connectivity index (χ4v) is 6.70. The van der Waals surface area contributed by atoms with Gasteiger partial charge in [0.25, 0.3) is 5.91 Å². The van der Waals surface area contributed by atoms with E-state index in [0.717, 1.165) is 27.2 Å². The van der Waals surface area contributed by atoms with Crippen LogP contribution in [0.1, 0.15) is 39.7 Å². The molecule has 1 amide bonds. The maximum atomic E-state index is 13.1. The van der Waals surface area contributed by atoms with Crippen molar-refractivity contribution < 1.29 is 14.3 Å². The van der Waals surface area contributed by atoms with Gasteiger partial charge in [-0.1, -0.05) is 59.8 Å². The van der Waals surface area contributed by atoms with Crippen LogP contribution in [0.3, 0.4) is 0 Å². The summed E-state index contributed by atoms with van der Waals surface area (Å²) in [5.41, 5.74) is 2.54. The molecule has 0 saturated carbocycles. The Morgan fingerprint density at radius 3 is 2.61 bits per heavy atom. The standard InChI is InChI=1S/C27H26ClN5O3S2/c28-20-7-4-8-21(16-20)33-23(15-19-5-2-1-3-6-19)30-31-26(33)38-18-24-29-22(17-37-24)25(34)32-11-9-27(10-12-32)35-13-14-36-27/h1-8,16-17H,9-15,18H2. The fraction of sp³-hybridized carbons (Fsp3) is 0.333. The third kappa shape index (κ3) is 5.50. The van der Waals surface area contributed by atoms with Crippen molar-refractivity contribution in [1.29, 1.82) is 0 Å². The number of rotatable bonds is 7. The number of carbonyl (C=O) groups is 1. The van der Waals surface area contributed by atoms with E-state index in [-0.39, 0.29) is 5.91 Å². The van der Waals surface area contributed by atoms with Crippen LogP contribution in [0, 0.1) is 0 Å². The largest absolute Gasteiger partial charge is 0.347 e. The average Bonchev–Trinajstić information content (AvgIpc) is 3.69. The van der Waals surface area contributed by atoms with Crippen molar-refractivity contribution >= 4 is 40.6 Å². The van der Waals surface area contributed by atoms with E-state index in [1.165, 1.54) is 11.3 Å². The summed E-state index contributed by atoms with van der Waals surface area (Å²) < 4.78 is 13.6. The summed E-state index contributed by atoms with van der Waals surface area (Å²) in [7, 11) is 0. The Kier molecular flexibility index (Phi) is 7.49. The van der Waals surface area contributed by atoms with Crippen molar-refractivity contribution in [2.24, 2.45) is 0 Å².